The molecule has 2 saturated carbocycles. The molecular formula is C11H19Cl. The summed E-state index contributed by atoms with van der Waals surface area (Å²) in [6, 6.07) is 0. The van der Waals surface area contributed by atoms with E-state index < -0.39 is 0 Å². The van der Waals surface area contributed by atoms with Crippen LogP contribution in [0.4, 0.5) is 0 Å². The van der Waals surface area contributed by atoms with E-state index in [1.165, 1.54) is 25.7 Å². The first-order valence-corrected chi connectivity index (χ1v) is 5.75. The maximum atomic E-state index is 5.85. The number of hydrogen-bond donors (Lipinski definition) is 0. The van der Waals surface area contributed by atoms with Crippen LogP contribution in [-0.2, 0) is 0 Å². The Morgan fingerprint density at radius 2 is 2.08 bits per heavy atom. The van der Waals surface area contributed by atoms with Gasteiger partial charge in [-0.1, -0.05) is 13.8 Å². The largest absolute Gasteiger partial charge is 0.127 e. The minimum absolute atomic E-state index is 0.595. The third kappa shape index (κ3) is 1.11. The summed E-state index contributed by atoms with van der Waals surface area (Å²) in [5, 5.41) is 0. The molecule has 0 aromatic rings. The summed E-state index contributed by atoms with van der Waals surface area (Å²) < 4.78 is 0. The zero-order valence-electron chi connectivity index (χ0n) is 8.15. The van der Waals surface area contributed by atoms with E-state index in [1.807, 2.05) is 0 Å². The summed E-state index contributed by atoms with van der Waals surface area (Å²) in [4.78, 5) is 0. The van der Waals surface area contributed by atoms with Gasteiger partial charge >= 0.3 is 0 Å². The molecule has 70 valence electrons. The van der Waals surface area contributed by atoms with Crippen LogP contribution in [0.2, 0.25) is 0 Å². The summed E-state index contributed by atoms with van der Waals surface area (Å²) >= 11 is 5.85. The molecule has 2 aliphatic carbocycles. The van der Waals surface area contributed by atoms with Gasteiger partial charge in [0.15, 0.2) is 0 Å². The number of fused-ring (bicyclic) bond motifs is 2. The predicted molar refractivity (Wildman–Crippen MR) is 53.4 cm³/mol. The average Bonchev–Trinajstić information content (AvgIpc) is 2.53. The van der Waals surface area contributed by atoms with E-state index in [0.29, 0.717) is 5.41 Å². The van der Waals surface area contributed by atoms with Crippen molar-refractivity contribution in [1.82, 2.24) is 0 Å². The topological polar surface area (TPSA) is 0 Å². The average molecular weight is 187 g/mol. The zero-order valence-corrected chi connectivity index (χ0v) is 8.90. The zero-order chi connectivity index (χ0) is 8.77. The molecule has 0 heterocycles. The Balaban J connectivity index is 2.12. The number of halogens is 1. The van der Waals surface area contributed by atoms with Crippen LogP contribution in [0.1, 0.15) is 39.5 Å². The normalized spacial score (nSPS) is 43.8. The molecule has 0 N–H and O–H groups in total. The van der Waals surface area contributed by atoms with E-state index >= 15 is 0 Å². The number of hydrogen-bond acceptors (Lipinski definition) is 0. The fourth-order valence-electron chi connectivity index (χ4n) is 3.69. The van der Waals surface area contributed by atoms with Crippen molar-refractivity contribution in [3.63, 3.8) is 0 Å². The summed E-state index contributed by atoms with van der Waals surface area (Å²) in [5.74, 6) is 3.81. The lowest BCUT2D eigenvalue weighted by Gasteiger charge is -2.38. The van der Waals surface area contributed by atoms with Crippen molar-refractivity contribution in [3.05, 3.63) is 0 Å². The van der Waals surface area contributed by atoms with E-state index in [4.69, 9.17) is 11.6 Å². The molecule has 0 aliphatic heterocycles. The van der Waals surface area contributed by atoms with Gasteiger partial charge in [0.1, 0.15) is 0 Å². The van der Waals surface area contributed by atoms with Crippen LogP contribution >= 0.6 is 11.6 Å². The first-order valence-electron chi connectivity index (χ1n) is 5.22. The van der Waals surface area contributed by atoms with Gasteiger partial charge in [-0.25, -0.2) is 0 Å². The van der Waals surface area contributed by atoms with Crippen LogP contribution < -0.4 is 0 Å². The van der Waals surface area contributed by atoms with E-state index in [9.17, 15) is 0 Å². The van der Waals surface area contributed by atoms with E-state index in [2.05, 4.69) is 13.8 Å². The first kappa shape index (κ1) is 8.87. The quantitative estimate of drug-likeness (QED) is 0.578. The highest BCUT2D eigenvalue weighted by Crippen LogP contribution is 2.60. The predicted octanol–water partition coefficient (Wildman–Crippen LogP) is 3.69. The Bertz CT molecular complexity index is 174. The van der Waals surface area contributed by atoms with Crippen molar-refractivity contribution in [3.8, 4) is 0 Å². The minimum atomic E-state index is 0.595. The monoisotopic (exact) mass is 186 g/mol. The molecule has 2 aliphatic rings. The van der Waals surface area contributed by atoms with Crippen LogP contribution in [0.5, 0.6) is 0 Å². The van der Waals surface area contributed by atoms with Gasteiger partial charge in [0, 0.05) is 5.88 Å². The Hall–Kier alpha value is 0.290. The second-order valence-corrected chi connectivity index (χ2v) is 5.55. The molecule has 12 heavy (non-hydrogen) atoms. The Labute approximate surface area is 80.7 Å². The fraction of sp³-hybridized carbons (Fsp3) is 1.00. The highest BCUT2D eigenvalue weighted by molar-refractivity contribution is 6.17. The van der Waals surface area contributed by atoms with Gasteiger partial charge in [0.05, 0.1) is 0 Å². The summed E-state index contributed by atoms with van der Waals surface area (Å²) in [6.45, 7) is 4.90. The standard InChI is InChI=1S/C11H19Cl/c1-11(2)9-4-3-8(7-9)10(11)5-6-12/h8-10H,3-7H2,1-2H3/t8-,9+,10-/m0/s1. The Kier molecular flexibility index (Phi) is 2.15. The summed E-state index contributed by atoms with van der Waals surface area (Å²) in [7, 11) is 0. The van der Waals surface area contributed by atoms with E-state index in [0.717, 1.165) is 23.6 Å². The Morgan fingerprint density at radius 1 is 1.33 bits per heavy atom. The van der Waals surface area contributed by atoms with Crippen LogP contribution in [0.3, 0.4) is 0 Å². The maximum absolute atomic E-state index is 5.85. The smallest absolute Gasteiger partial charge is 0.0226 e. The number of rotatable bonds is 2. The molecule has 1 heteroatoms. The molecule has 2 rings (SSSR count). The third-order valence-electron chi connectivity index (χ3n) is 4.47. The highest BCUT2D eigenvalue weighted by atomic mass is 35.5. The third-order valence-corrected chi connectivity index (χ3v) is 4.69. The molecule has 0 spiro atoms. The molecule has 0 unspecified atom stereocenters. The van der Waals surface area contributed by atoms with Gasteiger partial charge < -0.3 is 0 Å². The van der Waals surface area contributed by atoms with Gasteiger partial charge in [-0.3, -0.25) is 0 Å². The van der Waals surface area contributed by atoms with Gasteiger partial charge in [0.25, 0.3) is 0 Å². The second kappa shape index (κ2) is 2.90. The Morgan fingerprint density at radius 3 is 2.58 bits per heavy atom. The SMILES string of the molecule is CC1(C)[C@@H]2CC[C@@H](C2)[C@@H]1CCCl. The summed E-state index contributed by atoms with van der Waals surface area (Å²) in [5.41, 5.74) is 0.595. The van der Waals surface area contributed by atoms with Crippen molar-refractivity contribution in [1.29, 1.82) is 0 Å². The van der Waals surface area contributed by atoms with E-state index in [1.54, 1.807) is 0 Å². The highest BCUT2D eigenvalue weighted by Gasteiger charge is 2.51. The van der Waals surface area contributed by atoms with Crippen LogP contribution in [0.15, 0.2) is 0 Å². The molecule has 0 amide bonds. The maximum Gasteiger partial charge on any atom is 0.0226 e. The van der Waals surface area contributed by atoms with E-state index in [-0.39, 0.29) is 0 Å². The first-order chi connectivity index (χ1) is 5.66. The lowest BCUT2D eigenvalue weighted by molar-refractivity contribution is 0.119. The van der Waals surface area contributed by atoms with Crippen molar-refractivity contribution in [2.24, 2.45) is 23.2 Å². The van der Waals surface area contributed by atoms with Gasteiger partial charge in [-0.2, -0.15) is 0 Å². The minimum Gasteiger partial charge on any atom is -0.127 e. The lowest BCUT2D eigenvalue weighted by Crippen LogP contribution is -2.30. The molecule has 2 fully saturated rings. The fourth-order valence-corrected chi connectivity index (χ4v) is 3.93. The van der Waals surface area contributed by atoms with Crippen molar-refractivity contribution in [2.75, 3.05) is 5.88 Å². The van der Waals surface area contributed by atoms with Crippen molar-refractivity contribution < 1.29 is 0 Å². The summed E-state index contributed by atoms with van der Waals surface area (Å²) in [6.07, 6.45) is 5.70. The molecule has 0 aromatic heterocycles. The molecule has 0 aromatic carbocycles. The van der Waals surface area contributed by atoms with Crippen LogP contribution in [0.25, 0.3) is 0 Å². The molecule has 3 atom stereocenters. The molecule has 0 nitrogen and oxygen atoms in total. The molecule has 0 saturated heterocycles. The van der Waals surface area contributed by atoms with Crippen molar-refractivity contribution in [2.45, 2.75) is 39.5 Å². The molecular weight excluding hydrogens is 168 g/mol. The molecule has 2 bridgehead atoms. The van der Waals surface area contributed by atoms with Crippen molar-refractivity contribution >= 4 is 11.6 Å². The van der Waals surface area contributed by atoms with Gasteiger partial charge in [-0.15, -0.1) is 11.6 Å². The lowest BCUT2D eigenvalue weighted by atomic mass is 9.68. The van der Waals surface area contributed by atoms with Crippen LogP contribution in [-0.4, -0.2) is 5.88 Å². The molecule has 0 radical (unpaired) electrons. The number of alkyl halides is 1. The second-order valence-electron chi connectivity index (χ2n) is 5.18. The van der Waals surface area contributed by atoms with Gasteiger partial charge in [0.2, 0.25) is 0 Å². The van der Waals surface area contributed by atoms with Gasteiger partial charge in [-0.05, 0) is 48.9 Å². The van der Waals surface area contributed by atoms with Crippen LogP contribution in [0, 0.1) is 23.2 Å².